The summed E-state index contributed by atoms with van der Waals surface area (Å²) in [7, 11) is 0. The van der Waals surface area contributed by atoms with Gasteiger partial charge in [-0.15, -0.1) is 0 Å². The molecule has 120 valence electrons. The molecule has 0 N–H and O–H groups in total. The van der Waals surface area contributed by atoms with Gasteiger partial charge in [-0.3, -0.25) is 9.59 Å². The first-order valence-electron chi connectivity index (χ1n) is 8.86. The van der Waals surface area contributed by atoms with Crippen molar-refractivity contribution in [3.8, 4) is 0 Å². The lowest BCUT2D eigenvalue weighted by atomic mass is 9.47. The standard InChI is InChI=1S/C19H26O3/c1-18-9-7-13(20)11-12(18)3-4-14-15(18)8-10-19(2)16(14)5-6-17(21)22-19/h7,9,12,14-16H,3-6,8,10-11H2,1-2H3/t12-,14+,15-,16-,18-,19-/m0/s1. The third kappa shape index (κ3) is 1.93. The monoisotopic (exact) mass is 302 g/mol. The van der Waals surface area contributed by atoms with Crippen LogP contribution in [0.1, 0.15) is 58.8 Å². The molecule has 0 aromatic rings. The summed E-state index contributed by atoms with van der Waals surface area (Å²) in [6.45, 7) is 4.52. The van der Waals surface area contributed by atoms with Crippen molar-refractivity contribution < 1.29 is 14.3 Å². The average molecular weight is 302 g/mol. The molecule has 0 aromatic carbocycles. The number of allylic oxidation sites excluding steroid dienone is 2. The number of ketones is 1. The van der Waals surface area contributed by atoms with E-state index in [1.54, 1.807) is 0 Å². The maximum absolute atomic E-state index is 11.8. The molecule has 4 aliphatic rings. The Bertz CT molecular complexity index is 551. The van der Waals surface area contributed by atoms with E-state index in [1.165, 1.54) is 6.42 Å². The van der Waals surface area contributed by atoms with Crippen LogP contribution >= 0.6 is 0 Å². The van der Waals surface area contributed by atoms with Crippen LogP contribution in [0.15, 0.2) is 12.2 Å². The zero-order chi connectivity index (χ0) is 15.5. The Kier molecular flexibility index (Phi) is 3.08. The van der Waals surface area contributed by atoms with E-state index < -0.39 is 0 Å². The number of carbonyl (C=O) groups is 2. The molecule has 0 unspecified atom stereocenters. The number of hydrogen-bond acceptors (Lipinski definition) is 3. The summed E-state index contributed by atoms with van der Waals surface area (Å²) >= 11 is 0. The van der Waals surface area contributed by atoms with Crippen LogP contribution in [-0.4, -0.2) is 17.4 Å². The van der Waals surface area contributed by atoms with Gasteiger partial charge in [-0.05, 0) is 68.3 Å². The Morgan fingerprint density at radius 3 is 2.73 bits per heavy atom. The van der Waals surface area contributed by atoms with Crippen molar-refractivity contribution in [2.75, 3.05) is 0 Å². The fourth-order valence-corrected chi connectivity index (χ4v) is 6.15. The molecule has 3 fully saturated rings. The zero-order valence-electron chi connectivity index (χ0n) is 13.6. The molecule has 4 rings (SSSR count). The second-order valence-electron chi connectivity index (χ2n) is 8.38. The molecule has 1 aliphatic heterocycles. The smallest absolute Gasteiger partial charge is 0.306 e. The van der Waals surface area contributed by atoms with Crippen molar-refractivity contribution in [2.24, 2.45) is 29.1 Å². The van der Waals surface area contributed by atoms with E-state index in [9.17, 15) is 9.59 Å². The molecule has 0 aromatic heterocycles. The molecule has 6 atom stereocenters. The van der Waals surface area contributed by atoms with Crippen molar-refractivity contribution >= 4 is 11.8 Å². The van der Waals surface area contributed by atoms with E-state index in [1.807, 2.05) is 6.08 Å². The molecular formula is C19H26O3. The van der Waals surface area contributed by atoms with Crippen LogP contribution < -0.4 is 0 Å². The lowest BCUT2D eigenvalue weighted by Crippen LogP contribution is -2.57. The molecule has 0 spiro atoms. The van der Waals surface area contributed by atoms with E-state index >= 15 is 0 Å². The summed E-state index contributed by atoms with van der Waals surface area (Å²) in [5, 5.41) is 0. The second-order valence-corrected chi connectivity index (χ2v) is 8.38. The van der Waals surface area contributed by atoms with Crippen LogP contribution in [0.3, 0.4) is 0 Å². The zero-order valence-corrected chi connectivity index (χ0v) is 13.6. The summed E-state index contributed by atoms with van der Waals surface area (Å²) in [5.74, 6) is 2.60. The van der Waals surface area contributed by atoms with E-state index in [2.05, 4.69) is 19.9 Å². The Hall–Kier alpha value is -1.12. The van der Waals surface area contributed by atoms with E-state index in [0.29, 0.717) is 35.9 Å². The van der Waals surface area contributed by atoms with Crippen molar-refractivity contribution in [2.45, 2.75) is 64.4 Å². The average Bonchev–Trinajstić information content (AvgIpc) is 2.46. The predicted molar refractivity (Wildman–Crippen MR) is 83.0 cm³/mol. The van der Waals surface area contributed by atoms with Gasteiger partial charge in [0.25, 0.3) is 0 Å². The maximum Gasteiger partial charge on any atom is 0.306 e. The minimum absolute atomic E-state index is 0.0137. The van der Waals surface area contributed by atoms with Crippen molar-refractivity contribution in [1.82, 2.24) is 0 Å². The Balaban J connectivity index is 1.66. The SMILES string of the molecule is C[C@]12C=CC(=O)C[C@@H]1CC[C@@H]1[C@@H]2CC[C@]2(C)OC(=O)CC[C@@H]12. The number of esters is 1. The quantitative estimate of drug-likeness (QED) is 0.641. The van der Waals surface area contributed by atoms with Gasteiger partial charge in [-0.25, -0.2) is 0 Å². The first-order chi connectivity index (χ1) is 10.4. The first-order valence-corrected chi connectivity index (χ1v) is 8.86. The largest absolute Gasteiger partial charge is 0.459 e. The van der Waals surface area contributed by atoms with Gasteiger partial charge in [-0.1, -0.05) is 13.0 Å². The third-order valence-electron chi connectivity index (χ3n) is 7.38. The van der Waals surface area contributed by atoms with Crippen LogP contribution in [-0.2, 0) is 14.3 Å². The highest BCUT2D eigenvalue weighted by Crippen LogP contribution is 2.61. The second kappa shape index (κ2) is 4.69. The Morgan fingerprint density at radius 1 is 1.09 bits per heavy atom. The van der Waals surface area contributed by atoms with Gasteiger partial charge in [0.15, 0.2) is 5.78 Å². The molecule has 2 saturated carbocycles. The topological polar surface area (TPSA) is 43.4 Å². The highest BCUT2D eigenvalue weighted by molar-refractivity contribution is 5.91. The molecule has 3 heteroatoms. The molecule has 3 aliphatic carbocycles. The molecule has 22 heavy (non-hydrogen) atoms. The fourth-order valence-electron chi connectivity index (χ4n) is 6.15. The number of carbonyl (C=O) groups excluding carboxylic acids is 2. The normalized spacial score (nSPS) is 50.6. The first kappa shape index (κ1) is 14.5. The number of rotatable bonds is 0. The lowest BCUT2D eigenvalue weighted by Gasteiger charge is -2.59. The van der Waals surface area contributed by atoms with Gasteiger partial charge >= 0.3 is 5.97 Å². The molecule has 1 saturated heterocycles. The van der Waals surface area contributed by atoms with Crippen LogP contribution in [0.5, 0.6) is 0 Å². The van der Waals surface area contributed by atoms with Crippen LogP contribution in [0.25, 0.3) is 0 Å². The number of hydrogen-bond donors (Lipinski definition) is 0. The van der Waals surface area contributed by atoms with E-state index in [4.69, 9.17) is 4.74 Å². The van der Waals surface area contributed by atoms with Gasteiger partial charge in [0, 0.05) is 18.8 Å². The van der Waals surface area contributed by atoms with E-state index in [-0.39, 0.29) is 17.0 Å². The van der Waals surface area contributed by atoms with Crippen molar-refractivity contribution in [1.29, 1.82) is 0 Å². The lowest BCUT2D eigenvalue weighted by molar-refractivity contribution is -0.197. The predicted octanol–water partition coefficient (Wildman–Crippen LogP) is 3.67. The third-order valence-corrected chi connectivity index (χ3v) is 7.38. The summed E-state index contributed by atoms with van der Waals surface area (Å²) < 4.78 is 5.80. The van der Waals surface area contributed by atoms with Gasteiger partial charge < -0.3 is 4.74 Å². The van der Waals surface area contributed by atoms with Gasteiger partial charge in [0.05, 0.1) is 0 Å². The molecule has 1 heterocycles. The van der Waals surface area contributed by atoms with Crippen LogP contribution in [0, 0.1) is 29.1 Å². The molecule has 0 bridgehead atoms. The highest BCUT2D eigenvalue weighted by atomic mass is 16.6. The summed E-state index contributed by atoms with van der Waals surface area (Å²) in [6.07, 6.45) is 10.8. The summed E-state index contributed by atoms with van der Waals surface area (Å²) in [4.78, 5) is 23.5. The molecular weight excluding hydrogens is 276 g/mol. The number of ether oxygens (including phenoxy) is 1. The Morgan fingerprint density at radius 2 is 1.91 bits per heavy atom. The highest BCUT2D eigenvalue weighted by Gasteiger charge is 2.58. The van der Waals surface area contributed by atoms with Crippen molar-refractivity contribution in [3.63, 3.8) is 0 Å². The van der Waals surface area contributed by atoms with Crippen LogP contribution in [0.4, 0.5) is 0 Å². The summed E-state index contributed by atoms with van der Waals surface area (Å²) in [5.41, 5.74) is -0.0759. The Labute approximate surface area is 132 Å². The number of fused-ring (bicyclic) bond motifs is 5. The fraction of sp³-hybridized carbons (Fsp3) is 0.789. The van der Waals surface area contributed by atoms with Crippen molar-refractivity contribution in [3.05, 3.63) is 12.2 Å². The van der Waals surface area contributed by atoms with Gasteiger partial charge in [-0.2, -0.15) is 0 Å². The maximum atomic E-state index is 11.8. The molecule has 3 nitrogen and oxygen atoms in total. The molecule has 0 radical (unpaired) electrons. The minimum Gasteiger partial charge on any atom is -0.459 e. The van der Waals surface area contributed by atoms with E-state index in [0.717, 1.165) is 32.1 Å². The minimum atomic E-state index is -0.242. The molecule has 0 amide bonds. The van der Waals surface area contributed by atoms with Crippen LogP contribution in [0.2, 0.25) is 0 Å². The van der Waals surface area contributed by atoms with Gasteiger partial charge in [0.2, 0.25) is 0 Å². The van der Waals surface area contributed by atoms with Gasteiger partial charge in [0.1, 0.15) is 5.60 Å². The summed E-state index contributed by atoms with van der Waals surface area (Å²) in [6, 6.07) is 0.